The Bertz CT molecular complexity index is 323. The average Bonchev–Trinajstić information content (AvgIpc) is 2.85. The number of nitrogens with two attached hydrogens (primary N) is 1. The van der Waals surface area contributed by atoms with Gasteiger partial charge in [-0.2, -0.15) is 0 Å². The van der Waals surface area contributed by atoms with Crippen LogP contribution in [0.2, 0.25) is 0 Å². The van der Waals surface area contributed by atoms with Crippen LogP contribution in [0.4, 0.5) is 0 Å². The quantitative estimate of drug-likeness (QED) is 0.524. The molecule has 68 valence electrons. The zero-order valence-electron chi connectivity index (χ0n) is 7.27. The second-order valence-corrected chi connectivity index (χ2v) is 3.66. The maximum atomic E-state index is 8.95. The summed E-state index contributed by atoms with van der Waals surface area (Å²) in [6.45, 7) is 0. The van der Waals surface area contributed by atoms with E-state index in [9.17, 15) is 0 Å². The molecule has 4 heteroatoms. The van der Waals surface area contributed by atoms with E-state index >= 15 is 0 Å². The minimum Gasteiger partial charge on any atom is -0.423 e. The lowest BCUT2D eigenvalue weighted by molar-refractivity contribution is 0.425. The smallest absolute Gasteiger partial charge is 0.423 e. The van der Waals surface area contributed by atoms with Gasteiger partial charge >= 0.3 is 7.12 Å². The van der Waals surface area contributed by atoms with Crippen LogP contribution >= 0.6 is 0 Å². The van der Waals surface area contributed by atoms with Gasteiger partial charge in [-0.1, -0.05) is 24.3 Å². The number of hydrogen-bond donors (Lipinski definition) is 3. The Balaban J connectivity index is 2.33. The van der Waals surface area contributed by atoms with Crippen molar-refractivity contribution < 1.29 is 10.0 Å². The van der Waals surface area contributed by atoms with Gasteiger partial charge in [0.15, 0.2) is 0 Å². The van der Waals surface area contributed by atoms with Gasteiger partial charge in [-0.25, -0.2) is 0 Å². The van der Waals surface area contributed by atoms with E-state index in [1.165, 1.54) is 0 Å². The third-order valence-electron chi connectivity index (χ3n) is 2.55. The van der Waals surface area contributed by atoms with Crippen LogP contribution in [0.25, 0.3) is 0 Å². The molecule has 1 aromatic rings. The van der Waals surface area contributed by atoms with Gasteiger partial charge in [0.2, 0.25) is 0 Å². The van der Waals surface area contributed by atoms with Crippen molar-refractivity contribution in [3.63, 3.8) is 0 Å². The normalized spacial score (nSPS) is 18.4. The number of rotatable bonds is 2. The highest BCUT2D eigenvalue weighted by molar-refractivity contribution is 6.58. The van der Waals surface area contributed by atoms with Gasteiger partial charge in [-0.3, -0.25) is 0 Å². The molecule has 13 heavy (non-hydrogen) atoms. The van der Waals surface area contributed by atoms with E-state index < -0.39 is 7.12 Å². The zero-order chi connectivity index (χ0) is 9.47. The molecule has 1 saturated carbocycles. The van der Waals surface area contributed by atoms with E-state index in [-0.39, 0.29) is 5.54 Å². The van der Waals surface area contributed by atoms with Gasteiger partial charge in [-0.15, -0.1) is 0 Å². The van der Waals surface area contributed by atoms with Gasteiger partial charge < -0.3 is 15.8 Å². The van der Waals surface area contributed by atoms with Gasteiger partial charge in [0, 0.05) is 5.54 Å². The predicted octanol–water partition coefficient (Wildman–Crippen LogP) is -0.686. The van der Waals surface area contributed by atoms with Crippen molar-refractivity contribution in [1.29, 1.82) is 0 Å². The first kappa shape index (κ1) is 8.75. The van der Waals surface area contributed by atoms with Crippen LogP contribution in [-0.2, 0) is 5.54 Å². The molecule has 0 radical (unpaired) electrons. The van der Waals surface area contributed by atoms with E-state index in [1.807, 2.05) is 6.07 Å². The van der Waals surface area contributed by atoms with E-state index in [0.717, 1.165) is 18.4 Å². The van der Waals surface area contributed by atoms with Crippen LogP contribution in [0.3, 0.4) is 0 Å². The maximum Gasteiger partial charge on any atom is 0.488 e. The van der Waals surface area contributed by atoms with Crippen molar-refractivity contribution >= 4 is 12.6 Å². The first-order valence-corrected chi connectivity index (χ1v) is 4.37. The summed E-state index contributed by atoms with van der Waals surface area (Å²) >= 11 is 0. The summed E-state index contributed by atoms with van der Waals surface area (Å²) in [6.07, 6.45) is 1.97. The zero-order valence-corrected chi connectivity index (χ0v) is 7.27. The number of hydrogen-bond acceptors (Lipinski definition) is 3. The van der Waals surface area contributed by atoms with Crippen molar-refractivity contribution in [2.45, 2.75) is 18.4 Å². The van der Waals surface area contributed by atoms with E-state index in [2.05, 4.69) is 0 Å². The Hall–Kier alpha value is -0.835. The first-order chi connectivity index (χ1) is 6.12. The molecule has 1 aliphatic carbocycles. The Morgan fingerprint density at radius 3 is 2.54 bits per heavy atom. The molecule has 1 fully saturated rings. The predicted molar refractivity (Wildman–Crippen MR) is 51.4 cm³/mol. The summed E-state index contributed by atoms with van der Waals surface area (Å²) in [5, 5.41) is 17.9. The molecule has 0 heterocycles. The Labute approximate surface area is 77.3 Å². The second kappa shape index (κ2) is 2.84. The molecule has 1 aliphatic rings. The fourth-order valence-corrected chi connectivity index (χ4v) is 1.43. The van der Waals surface area contributed by atoms with Crippen molar-refractivity contribution in [2.75, 3.05) is 0 Å². The summed E-state index contributed by atoms with van der Waals surface area (Å²) in [5.74, 6) is 0. The van der Waals surface area contributed by atoms with Gasteiger partial charge in [0.25, 0.3) is 0 Å². The topological polar surface area (TPSA) is 66.5 Å². The van der Waals surface area contributed by atoms with Crippen molar-refractivity contribution in [1.82, 2.24) is 0 Å². The monoisotopic (exact) mass is 177 g/mol. The summed E-state index contributed by atoms with van der Waals surface area (Å²) in [4.78, 5) is 0. The van der Waals surface area contributed by atoms with Crippen LogP contribution < -0.4 is 11.2 Å². The Morgan fingerprint density at radius 1 is 1.31 bits per heavy atom. The number of benzene rings is 1. The van der Waals surface area contributed by atoms with E-state index in [1.54, 1.807) is 18.2 Å². The fraction of sp³-hybridized carbons (Fsp3) is 0.333. The second-order valence-electron chi connectivity index (χ2n) is 3.66. The molecular formula is C9H12BNO2. The Kier molecular flexibility index (Phi) is 1.91. The highest BCUT2D eigenvalue weighted by Crippen LogP contribution is 2.42. The average molecular weight is 177 g/mol. The highest BCUT2D eigenvalue weighted by atomic mass is 16.4. The molecule has 4 N–H and O–H groups in total. The van der Waals surface area contributed by atoms with Gasteiger partial charge in [0.05, 0.1) is 0 Å². The summed E-state index contributed by atoms with van der Waals surface area (Å²) in [7, 11) is -1.40. The molecule has 3 nitrogen and oxygen atoms in total. The molecule has 0 saturated heterocycles. The molecule has 1 aromatic carbocycles. The lowest BCUT2D eigenvalue weighted by Crippen LogP contribution is -2.31. The third kappa shape index (κ3) is 1.61. The van der Waals surface area contributed by atoms with Crippen LogP contribution in [0.15, 0.2) is 24.3 Å². The standard InChI is InChI=1S/C9H12BNO2/c11-9(4-5-9)7-2-1-3-8(6-7)10(12)13/h1-3,6,12-13H,4-5,11H2. The minimum atomic E-state index is -1.40. The van der Waals surface area contributed by atoms with Crippen LogP contribution in [0.5, 0.6) is 0 Å². The van der Waals surface area contributed by atoms with Crippen molar-refractivity contribution in [3.8, 4) is 0 Å². The van der Waals surface area contributed by atoms with Crippen LogP contribution in [0, 0.1) is 0 Å². The lowest BCUT2D eigenvalue weighted by atomic mass is 9.79. The molecule has 0 atom stereocenters. The lowest BCUT2D eigenvalue weighted by Gasteiger charge is -2.10. The third-order valence-corrected chi connectivity index (χ3v) is 2.55. The van der Waals surface area contributed by atoms with E-state index in [4.69, 9.17) is 15.8 Å². The van der Waals surface area contributed by atoms with Gasteiger partial charge in [0.1, 0.15) is 0 Å². The summed E-state index contributed by atoms with van der Waals surface area (Å²) < 4.78 is 0. The largest absolute Gasteiger partial charge is 0.488 e. The van der Waals surface area contributed by atoms with Crippen LogP contribution in [-0.4, -0.2) is 17.2 Å². The van der Waals surface area contributed by atoms with Gasteiger partial charge in [-0.05, 0) is 23.9 Å². The molecule has 0 unspecified atom stereocenters. The molecule has 2 rings (SSSR count). The fourth-order valence-electron chi connectivity index (χ4n) is 1.43. The first-order valence-electron chi connectivity index (χ1n) is 4.37. The maximum absolute atomic E-state index is 8.95. The summed E-state index contributed by atoms with van der Waals surface area (Å²) in [5.41, 5.74) is 7.28. The molecule has 0 spiro atoms. The minimum absolute atomic E-state index is 0.203. The van der Waals surface area contributed by atoms with E-state index in [0.29, 0.717) is 5.46 Å². The molecule has 0 bridgehead atoms. The summed E-state index contributed by atoms with van der Waals surface area (Å²) in [6, 6.07) is 7.17. The molecular weight excluding hydrogens is 165 g/mol. The molecule has 0 aromatic heterocycles. The Morgan fingerprint density at radius 2 is 2.00 bits per heavy atom. The van der Waals surface area contributed by atoms with Crippen molar-refractivity contribution in [2.24, 2.45) is 5.73 Å². The molecule has 0 aliphatic heterocycles. The molecule has 0 amide bonds. The van der Waals surface area contributed by atoms with Crippen molar-refractivity contribution in [3.05, 3.63) is 29.8 Å². The SMILES string of the molecule is NC1(c2cccc(B(O)O)c2)CC1. The highest BCUT2D eigenvalue weighted by Gasteiger charge is 2.40. The van der Waals surface area contributed by atoms with Crippen LogP contribution in [0.1, 0.15) is 18.4 Å².